The van der Waals surface area contributed by atoms with Crippen molar-refractivity contribution in [2.24, 2.45) is 0 Å². The maximum atomic E-state index is 11.3. The van der Waals surface area contributed by atoms with Gasteiger partial charge < -0.3 is 5.11 Å². The van der Waals surface area contributed by atoms with E-state index in [0.717, 1.165) is 11.4 Å². The predicted octanol–water partition coefficient (Wildman–Crippen LogP) is 1.52. The van der Waals surface area contributed by atoms with E-state index in [9.17, 15) is 9.90 Å². The van der Waals surface area contributed by atoms with Crippen LogP contribution in [0.15, 0.2) is 11.2 Å². The molecule has 0 radical (unpaired) electrons. The number of nitrogens with zero attached hydrogens (tertiary/aromatic N) is 2. The molecule has 0 amide bonds. The molecule has 0 bridgehead atoms. The number of Topliss-reactive ketones (excluding diaryl/α,β-unsaturated/α-hetero) is 1. The van der Waals surface area contributed by atoms with Gasteiger partial charge in [0.25, 0.3) is 0 Å². The fourth-order valence-corrected chi connectivity index (χ4v) is 2.36. The summed E-state index contributed by atoms with van der Waals surface area (Å²) in [7, 11) is 0. The highest BCUT2D eigenvalue weighted by Crippen LogP contribution is 2.23. The van der Waals surface area contributed by atoms with Crippen molar-refractivity contribution in [2.45, 2.75) is 44.2 Å². The average Bonchev–Trinajstić information content (AvgIpc) is 2.11. The Hall–Kier alpha value is -0.940. The Bertz CT molecular complexity index is 373. The van der Waals surface area contributed by atoms with Crippen molar-refractivity contribution in [3.8, 4) is 0 Å². The summed E-state index contributed by atoms with van der Waals surface area (Å²) in [4.78, 5) is 19.8. The van der Waals surface area contributed by atoms with Gasteiger partial charge in [0.15, 0.2) is 5.16 Å². The summed E-state index contributed by atoms with van der Waals surface area (Å²) in [6, 6.07) is 1.87. The van der Waals surface area contributed by atoms with E-state index >= 15 is 0 Å². The third-order valence-corrected chi connectivity index (χ3v) is 3.41. The first-order chi connectivity index (χ1) is 7.40. The summed E-state index contributed by atoms with van der Waals surface area (Å²) in [5.41, 5.74) is 1.73. The number of aliphatic hydroxyl groups excluding tert-OH is 1. The molecule has 1 heterocycles. The Kier molecular flexibility index (Phi) is 4.44. The number of ketones is 1. The molecular formula is C11H16N2O2S. The number of aliphatic hydroxyl groups is 1. The van der Waals surface area contributed by atoms with Gasteiger partial charge in [-0.15, -0.1) is 0 Å². The van der Waals surface area contributed by atoms with Crippen molar-refractivity contribution in [2.75, 3.05) is 0 Å². The first-order valence-electron chi connectivity index (χ1n) is 5.07. The van der Waals surface area contributed by atoms with Gasteiger partial charge in [0.2, 0.25) is 0 Å². The van der Waals surface area contributed by atoms with E-state index in [1.807, 2.05) is 19.9 Å². The highest BCUT2D eigenvalue weighted by Gasteiger charge is 2.22. The minimum atomic E-state index is -0.702. The highest BCUT2D eigenvalue weighted by atomic mass is 32.2. The van der Waals surface area contributed by atoms with Crippen LogP contribution in [0.2, 0.25) is 0 Å². The lowest BCUT2D eigenvalue weighted by atomic mass is 10.2. The van der Waals surface area contributed by atoms with Gasteiger partial charge in [-0.25, -0.2) is 9.97 Å². The van der Waals surface area contributed by atoms with Gasteiger partial charge in [-0.2, -0.15) is 0 Å². The standard InChI is InChI=1S/C11H16N2O2S/c1-6-5-7(2)13-11(12-6)16-10(8(3)14)9(4)15/h5,8,10,14H,1-4H3/t8-,10+/m1/s1. The molecule has 1 aromatic heterocycles. The maximum Gasteiger partial charge on any atom is 0.188 e. The van der Waals surface area contributed by atoms with Crippen LogP contribution in [0.25, 0.3) is 0 Å². The third-order valence-electron chi connectivity index (χ3n) is 2.03. The Balaban J connectivity index is 2.89. The number of rotatable bonds is 4. The minimum absolute atomic E-state index is 0.0669. The lowest BCUT2D eigenvalue weighted by molar-refractivity contribution is -0.118. The van der Waals surface area contributed by atoms with E-state index in [-0.39, 0.29) is 5.78 Å². The van der Waals surface area contributed by atoms with Gasteiger partial charge in [-0.05, 0) is 33.8 Å². The monoisotopic (exact) mass is 240 g/mol. The molecule has 0 aromatic carbocycles. The molecule has 0 fully saturated rings. The summed E-state index contributed by atoms with van der Waals surface area (Å²) in [5, 5.41) is 9.53. The van der Waals surface area contributed by atoms with Crippen LogP contribution < -0.4 is 0 Å². The molecule has 1 N–H and O–H groups in total. The van der Waals surface area contributed by atoms with Crippen molar-refractivity contribution in [1.82, 2.24) is 9.97 Å². The zero-order valence-corrected chi connectivity index (χ0v) is 10.7. The number of aryl methyl sites for hydroxylation is 2. The van der Waals surface area contributed by atoms with Crippen LogP contribution in [-0.2, 0) is 4.79 Å². The van der Waals surface area contributed by atoms with Crippen LogP contribution in [0.5, 0.6) is 0 Å². The largest absolute Gasteiger partial charge is 0.392 e. The van der Waals surface area contributed by atoms with Crippen molar-refractivity contribution in [3.63, 3.8) is 0 Å². The van der Waals surface area contributed by atoms with Gasteiger partial charge in [0.1, 0.15) is 5.78 Å². The molecule has 1 aromatic rings. The molecule has 0 aliphatic heterocycles. The SMILES string of the molecule is CC(=O)[C@@H](Sc1nc(C)cc(C)n1)[C@@H](C)O. The second kappa shape index (κ2) is 5.41. The number of carbonyl (C=O) groups excluding carboxylic acids is 1. The number of carbonyl (C=O) groups is 1. The molecule has 0 aliphatic carbocycles. The Labute approximate surface area is 99.5 Å². The molecule has 4 nitrogen and oxygen atoms in total. The van der Waals surface area contributed by atoms with Crippen LogP contribution in [0.4, 0.5) is 0 Å². The maximum absolute atomic E-state index is 11.3. The molecule has 0 unspecified atom stereocenters. The number of thioether (sulfide) groups is 1. The zero-order chi connectivity index (χ0) is 12.3. The first-order valence-corrected chi connectivity index (χ1v) is 5.95. The minimum Gasteiger partial charge on any atom is -0.392 e. The third kappa shape index (κ3) is 3.57. The van der Waals surface area contributed by atoms with Crippen LogP contribution in [0, 0.1) is 13.8 Å². The van der Waals surface area contributed by atoms with E-state index in [2.05, 4.69) is 9.97 Å². The fourth-order valence-electron chi connectivity index (χ4n) is 1.38. The molecule has 16 heavy (non-hydrogen) atoms. The van der Waals surface area contributed by atoms with Gasteiger partial charge in [-0.1, -0.05) is 11.8 Å². The second-order valence-electron chi connectivity index (χ2n) is 3.82. The zero-order valence-electron chi connectivity index (χ0n) is 9.89. The van der Waals surface area contributed by atoms with Crippen molar-refractivity contribution >= 4 is 17.5 Å². The Morgan fingerprint density at radius 3 is 2.25 bits per heavy atom. The van der Waals surface area contributed by atoms with Gasteiger partial charge in [0, 0.05) is 11.4 Å². The van der Waals surface area contributed by atoms with E-state index in [1.54, 1.807) is 6.92 Å². The molecule has 88 valence electrons. The van der Waals surface area contributed by atoms with E-state index in [4.69, 9.17) is 0 Å². The molecule has 0 saturated heterocycles. The van der Waals surface area contributed by atoms with Gasteiger partial charge in [-0.3, -0.25) is 4.79 Å². The number of aromatic nitrogens is 2. The summed E-state index contributed by atoms with van der Waals surface area (Å²) in [6.45, 7) is 6.82. The molecular weight excluding hydrogens is 224 g/mol. The molecule has 0 saturated carbocycles. The van der Waals surface area contributed by atoms with Crippen LogP contribution in [0.1, 0.15) is 25.2 Å². The van der Waals surface area contributed by atoms with Gasteiger partial charge in [0.05, 0.1) is 11.4 Å². The van der Waals surface area contributed by atoms with Crippen LogP contribution in [-0.4, -0.2) is 32.2 Å². The molecule has 1 rings (SSSR count). The number of hydrogen-bond acceptors (Lipinski definition) is 5. The normalized spacial score (nSPS) is 14.6. The first kappa shape index (κ1) is 13.1. The lowest BCUT2D eigenvalue weighted by Crippen LogP contribution is -2.27. The summed E-state index contributed by atoms with van der Waals surface area (Å²) < 4.78 is 0. The van der Waals surface area contributed by atoms with Crippen LogP contribution >= 0.6 is 11.8 Å². The molecule has 2 atom stereocenters. The van der Waals surface area contributed by atoms with Crippen molar-refractivity contribution in [3.05, 3.63) is 17.5 Å². The Morgan fingerprint density at radius 1 is 1.38 bits per heavy atom. The number of hydrogen-bond donors (Lipinski definition) is 1. The van der Waals surface area contributed by atoms with Crippen molar-refractivity contribution in [1.29, 1.82) is 0 Å². The Morgan fingerprint density at radius 2 is 1.88 bits per heavy atom. The van der Waals surface area contributed by atoms with E-state index in [0.29, 0.717) is 5.16 Å². The van der Waals surface area contributed by atoms with Gasteiger partial charge >= 0.3 is 0 Å². The smallest absolute Gasteiger partial charge is 0.188 e. The average molecular weight is 240 g/mol. The molecule has 5 heteroatoms. The molecule has 0 spiro atoms. The summed E-state index contributed by atoms with van der Waals surface area (Å²) in [6.07, 6.45) is -0.702. The fraction of sp³-hybridized carbons (Fsp3) is 0.545. The van der Waals surface area contributed by atoms with Crippen molar-refractivity contribution < 1.29 is 9.90 Å². The van der Waals surface area contributed by atoms with E-state index in [1.165, 1.54) is 18.7 Å². The molecule has 0 aliphatic rings. The lowest BCUT2D eigenvalue weighted by Gasteiger charge is -2.15. The van der Waals surface area contributed by atoms with E-state index < -0.39 is 11.4 Å². The van der Waals surface area contributed by atoms with Crippen LogP contribution in [0.3, 0.4) is 0 Å². The topological polar surface area (TPSA) is 63.1 Å². The highest BCUT2D eigenvalue weighted by molar-refractivity contribution is 8.00. The second-order valence-corrected chi connectivity index (χ2v) is 4.93. The summed E-state index contributed by atoms with van der Waals surface area (Å²) >= 11 is 1.21. The predicted molar refractivity (Wildman–Crippen MR) is 63.5 cm³/mol. The summed E-state index contributed by atoms with van der Waals surface area (Å²) in [5.74, 6) is -0.0669. The quantitative estimate of drug-likeness (QED) is 0.638.